The Morgan fingerprint density at radius 1 is 1.30 bits per heavy atom. The monoisotopic (exact) mass is 291 g/mol. The quantitative estimate of drug-likeness (QED) is 0.896. The summed E-state index contributed by atoms with van der Waals surface area (Å²) in [7, 11) is -3.72. The fourth-order valence-electron chi connectivity index (χ4n) is 2.23. The van der Waals surface area contributed by atoms with Crippen LogP contribution in [0.4, 0.5) is 0 Å². The second kappa shape index (κ2) is 4.84. The third-order valence-electron chi connectivity index (χ3n) is 3.25. The van der Waals surface area contributed by atoms with Crippen LogP contribution in [-0.4, -0.2) is 18.4 Å². The summed E-state index contributed by atoms with van der Waals surface area (Å²) in [6.45, 7) is 0. The van der Waals surface area contributed by atoms with Gasteiger partial charge >= 0.3 is 0 Å². The first-order valence-electron chi connectivity index (χ1n) is 6.12. The molecule has 2 N–H and O–H groups in total. The van der Waals surface area contributed by atoms with Crippen molar-refractivity contribution in [2.75, 3.05) is 0 Å². The highest BCUT2D eigenvalue weighted by Crippen LogP contribution is 2.35. The molecular weight excluding hydrogens is 278 g/mol. The largest absolute Gasteiger partial charge is 0.484 e. The maximum atomic E-state index is 11.4. The van der Waals surface area contributed by atoms with Gasteiger partial charge in [-0.1, -0.05) is 6.07 Å². The number of fused-ring (bicyclic) bond motifs is 1. The van der Waals surface area contributed by atoms with Crippen LogP contribution in [-0.2, 0) is 16.4 Å². The van der Waals surface area contributed by atoms with Crippen LogP contribution >= 0.6 is 0 Å². The Morgan fingerprint density at radius 2 is 2.15 bits per heavy atom. The summed E-state index contributed by atoms with van der Waals surface area (Å²) in [6.07, 6.45) is 4.52. The Kier molecular flexibility index (Phi) is 3.15. The summed E-state index contributed by atoms with van der Waals surface area (Å²) in [6, 6.07) is 6.50. The van der Waals surface area contributed by atoms with Crippen molar-refractivity contribution in [3.8, 4) is 5.75 Å². The van der Waals surface area contributed by atoms with Gasteiger partial charge in [0.05, 0.1) is 10.6 Å². The van der Waals surface area contributed by atoms with Crippen molar-refractivity contribution in [1.82, 2.24) is 9.97 Å². The van der Waals surface area contributed by atoms with E-state index >= 15 is 0 Å². The van der Waals surface area contributed by atoms with Crippen LogP contribution in [0.1, 0.15) is 23.8 Å². The molecule has 3 rings (SSSR count). The van der Waals surface area contributed by atoms with E-state index in [1.807, 2.05) is 0 Å². The molecule has 20 heavy (non-hydrogen) atoms. The zero-order chi connectivity index (χ0) is 14.2. The average Bonchev–Trinajstić information content (AvgIpc) is 2.46. The number of ether oxygens (including phenoxy) is 1. The standard InChI is InChI=1S/C13H13N3O3S/c14-20(17,18)10-3-1-9-2-4-12(19-13(9)7-10)11-5-6-15-8-16-11/h1,3,5-8,12H,2,4H2,(H2,14,17,18). The molecule has 1 aliphatic heterocycles. The topological polar surface area (TPSA) is 95.2 Å². The van der Waals surface area contributed by atoms with Crippen LogP contribution in [0.25, 0.3) is 0 Å². The van der Waals surface area contributed by atoms with Crippen molar-refractivity contribution >= 4 is 10.0 Å². The lowest BCUT2D eigenvalue weighted by atomic mass is 10.0. The van der Waals surface area contributed by atoms with Gasteiger partial charge in [-0.15, -0.1) is 0 Å². The number of aromatic nitrogens is 2. The molecule has 6 nitrogen and oxygen atoms in total. The Hall–Kier alpha value is -1.99. The molecular formula is C13H13N3O3S. The number of nitrogens with zero attached hydrogens (tertiary/aromatic N) is 2. The molecule has 1 atom stereocenters. The number of rotatable bonds is 2. The van der Waals surface area contributed by atoms with Gasteiger partial charge in [0.1, 0.15) is 18.2 Å². The van der Waals surface area contributed by atoms with Gasteiger partial charge in [-0.3, -0.25) is 0 Å². The molecule has 0 fully saturated rings. The number of primary sulfonamides is 1. The van der Waals surface area contributed by atoms with E-state index in [9.17, 15) is 8.42 Å². The van der Waals surface area contributed by atoms with E-state index in [1.54, 1.807) is 18.3 Å². The van der Waals surface area contributed by atoms with Crippen LogP contribution in [0.2, 0.25) is 0 Å². The molecule has 0 aliphatic carbocycles. The van der Waals surface area contributed by atoms with Gasteiger partial charge in [-0.05, 0) is 30.5 Å². The Labute approximate surface area is 116 Å². The first-order valence-corrected chi connectivity index (χ1v) is 7.67. The van der Waals surface area contributed by atoms with Gasteiger partial charge in [0.15, 0.2) is 0 Å². The summed E-state index contributed by atoms with van der Waals surface area (Å²) in [4.78, 5) is 8.09. The van der Waals surface area contributed by atoms with Gasteiger partial charge < -0.3 is 4.74 Å². The number of nitrogens with two attached hydrogens (primary N) is 1. The summed E-state index contributed by atoms with van der Waals surface area (Å²) < 4.78 is 28.6. The highest BCUT2D eigenvalue weighted by Gasteiger charge is 2.23. The minimum absolute atomic E-state index is 0.0552. The molecule has 2 aromatic rings. The second-order valence-corrected chi connectivity index (χ2v) is 6.16. The summed E-state index contributed by atoms with van der Waals surface area (Å²) in [5.74, 6) is 0.548. The van der Waals surface area contributed by atoms with E-state index in [4.69, 9.17) is 9.88 Å². The first kappa shape index (κ1) is 13.0. The molecule has 0 amide bonds. The van der Waals surface area contributed by atoms with E-state index in [2.05, 4.69) is 9.97 Å². The molecule has 0 radical (unpaired) electrons. The molecule has 1 aromatic carbocycles. The Balaban J connectivity index is 1.94. The van der Waals surface area contributed by atoms with E-state index in [-0.39, 0.29) is 11.0 Å². The lowest BCUT2D eigenvalue weighted by Gasteiger charge is -2.25. The zero-order valence-electron chi connectivity index (χ0n) is 10.6. The van der Waals surface area contributed by atoms with Gasteiger partial charge in [-0.2, -0.15) is 0 Å². The third kappa shape index (κ3) is 2.50. The van der Waals surface area contributed by atoms with Crippen molar-refractivity contribution in [2.45, 2.75) is 23.8 Å². The van der Waals surface area contributed by atoms with Crippen molar-refractivity contribution in [1.29, 1.82) is 0 Å². The van der Waals surface area contributed by atoms with Crippen LogP contribution in [0.15, 0.2) is 41.7 Å². The van der Waals surface area contributed by atoms with Crippen molar-refractivity contribution in [3.63, 3.8) is 0 Å². The molecule has 0 saturated heterocycles. The van der Waals surface area contributed by atoms with E-state index in [0.29, 0.717) is 5.75 Å². The summed E-state index contributed by atoms with van der Waals surface area (Å²) in [5, 5.41) is 5.13. The van der Waals surface area contributed by atoms with Crippen LogP contribution in [0.5, 0.6) is 5.75 Å². The minimum Gasteiger partial charge on any atom is -0.484 e. The van der Waals surface area contributed by atoms with E-state index < -0.39 is 10.0 Å². The van der Waals surface area contributed by atoms with Crippen molar-refractivity contribution in [2.24, 2.45) is 5.14 Å². The summed E-state index contributed by atoms with van der Waals surface area (Å²) >= 11 is 0. The highest BCUT2D eigenvalue weighted by atomic mass is 32.2. The van der Waals surface area contributed by atoms with Crippen LogP contribution in [0.3, 0.4) is 0 Å². The van der Waals surface area contributed by atoms with E-state index in [0.717, 1.165) is 24.1 Å². The third-order valence-corrected chi connectivity index (χ3v) is 4.16. The Morgan fingerprint density at radius 3 is 2.85 bits per heavy atom. The predicted octanol–water partition coefficient (Wildman–Crippen LogP) is 1.19. The molecule has 1 aliphatic rings. The Bertz CT molecular complexity index is 732. The van der Waals surface area contributed by atoms with Gasteiger partial charge in [-0.25, -0.2) is 23.5 Å². The SMILES string of the molecule is NS(=O)(=O)c1ccc2c(c1)OC(c1ccncn1)CC2. The lowest BCUT2D eigenvalue weighted by Crippen LogP contribution is -2.18. The van der Waals surface area contributed by atoms with Gasteiger partial charge in [0, 0.05) is 12.3 Å². The molecule has 0 saturated carbocycles. The van der Waals surface area contributed by atoms with Gasteiger partial charge in [0.2, 0.25) is 10.0 Å². The number of aryl methyl sites for hydroxylation is 1. The maximum Gasteiger partial charge on any atom is 0.238 e. The highest BCUT2D eigenvalue weighted by molar-refractivity contribution is 7.89. The normalized spacial score (nSPS) is 18.1. The number of benzene rings is 1. The molecule has 1 aromatic heterocycles. The lowest BCUT2D eigenvalue weighted by molar-refractivity contribution is 0.171. The van der Waals surface area contributed by atoms with Crippen molar-refractivity contribution < 1.29 is 13.2 Å². The van der Waals surface area contributed by atoms with Crippen molar-refractivity contribution in [3.05, 3.63) is 48.0 Å². The fraction of sp³-hybridized carbons (Fsp3) is 0.231. The predicted molar refractivity (Wildman–Crippen MR) is 71.5 cm³/mol. The fourth-order valence-corrected chi connectivity index (χ4v) is 2.76. The number of hydrogen-bond donors (Lipinski definition) is 1. The average molecular weight is 291 g/mol. The molecule has 1 unspecified atom stereocenters. The minimum atomic E-state index is -3.72. The molecule has 0 bridgehead atoms. The number of hydrogen-bond acceptors (Lipinski definition) is 5. The molecule has 2 heterocycles. The van der Waals surface area contributed by atoms with E-state index in [1.165, 1.54) is 18.5 Å². The molecule has 104 valence electrons. The zero-order valence-corrected chi connectivity index (χ0v) is 11.4. The first-order chi connectivity index (χ1) is 9.54. The van der Waals surface area contributed by atoms with Crippen LogP contribution < -0.4 is 9.88 Å². The number of sulfonamides is 1. The van der Waals surface area contributed by atoms with Crippen LogP contribution in [0, 0.1) is 0 Å². The maximum absolute atomic E-state index is 11.4. The van der Waals surface area contributed by atoms with Gasteiger partial charge in [0.25, 0.3) is 0 Å². The smallest absolute Gasteiger partial charge is 0.238 e. The second-order valence-electron chi connectivity index (χ2n) is 4.59. The molecule has 7 heteroatoms. The summed E-state index contributed by atoms with van der Waals surface area (Å²) in [5.41, 5.74) is 1.76. The molecule has 0 spiro atoms.